The first-order valence-electron chi connectivity index (χ1n) is 3.47. The van der Waals surface area contributed by atoms with Gasteiger partial charge >= 0.3 is 5.78 Å². The van der Waals surface area contributed by atoms with Gasteiger partial charge in [-0.05, 0) is 13.8 Å². The second-order valence-electron chi connectivity index (χ2n) is 2.56. The van der Waals surface area contributed by atoms with E-state index in [-0.39, 0.29) is 0 Å². The summed E-state index contributed by atoms with van der Waals surface area (Å²) < 4.78 is 1.84. The van der Waals surface area contributed by atoms with Crippen LogP contribution in [0.3, 0.4) is 0 Å². The minimum Gasteiger partial charge on any atom is -0.217 e. The molecule has 0 aliphatic rings. The van der Waals surface area contributed by atoms with Crippen molar-refractivity contribution >= 4 is 5.78 Å². The van der Waals surface area contributed by atoms with E-state index >= 15 is 0 Å². The summed E-state index contributed by atoms with van der Waals surface area (Å²) in [7, 11) is 0. The molecule has 0 aliphatic carbocycles. The first kappa shape index (κ1) is 6.27. The number of nitrogens with one attached hydrogen (secondary N) is 1. The number of aromatic nitrogens is 4. The van der Waals surface area contributed by atoms with Gasteiger partial charge in [-0.2, -0.15) is 0 Å². The van der Waals surface area contributed by atoms with Gasteiger partial charge in [-0.25, -0.2) is 5.10 Å². The highest BCUT2D eigenvalue weighted by atomic mass is 15.3. The number of fused-ring (bicyclic) bond motifs is 1. The Bertz CT molecular complexity index is 390. The SMILES string of the molecule is Cc1cc(C)[n+]2[nH]cnc2n1. The average Bonchev–Trinajstić information content (AvgIpc) is 2.34. The van der Waals surface area contributed by atoms with Crippen molar-refractivity contribution in [1.82, 2.24) is 15.1 Å². The maximum atomic E-state index is 4.22. The van der Waals surface area contributed by atoms with Gasteiger partial charge in [0.1, 0.15) is 11.4 Å². The van der Waals surface area contributed by atoms with E-state index in [4.69, 9.17) is 0 Å². The van der Waals surface area contributed by atoms with Crippen molar-refractivity contribution in [3.8, 4) is 0 Å². The van der Waals surface area contributed by atoms with Crippen LogP contribution < -0.4 is 4.52 Å². The van der Waals surface area contributed by atoms with Crippen LogP contribution in [0.1, 0.15) is 11.4 Å². The van der Waals surface area contributed by atoms with Crippen molar-refractivity contribution in [3.05, 3.63) is 23.8 Å². The molecule has 0 unspecified atom stereocenters. The number of rotatable bonds is 0. The Morgan fingerprint density at radius 1 is 1.45 bits per heavy atom. The summed E-state index contributed by atoms with van der Waals surface area (Å²) in [5.41, 5.74) is 2.11. The third kappa shape index (κ3) is 0.869. The lowest BCUT2D eigenvalue weighted by molar-refractivity contribution is -0.586. The quantitative estimate of drug-likeness (QED) is 0.542. The molecule has 0 saturated heterocycles. The molecule has 0 bridgehead atoms. The standard InChI is InChI=1S/C7H8N4/c1-5-3-6(2)11-7(10-5)8-4-9-11/h3-4H,1-2H3/p+1. The smallest absolute Gasteiger partial charge is 0.217 e. The molecular formula is C7H9N4+. The fourth-order valence-corrected chi connectivity index (χ4v) is 1.16. The molecule has 0 saturated carbocycles. The van der Waals surface area contributed by atoms with Gasteiger partial charge in [-0.1, -0.05) is 9.97 Å². The Labute approximate surface area is 63.9 Å². The van der Waals surface area contributed by atoms with E-state index in [1.807, 2.05) is 24.4 Å². The normalized spacial score (nSPS) is 10.7. The van der Waals surface area contributed by atoms with Gasteiger partial charge in [-0.3, -0.25) is 0 Å². The number of hydrogen-bond acceptors (Lipinski definition) is 2. The minimum atomic E-state index is 0.725. The number of hydrogen-bond donors (Lipinski definition) is 1. The summed E-state index contributed by atoms with van der Waals surface area (Å²) in [5.74, 6) is 0.725. The highest BCUT2D eigenvalue weighted by molar-refractivity contribution is 5.17. The zero-order chi connectivity index (χ0) is 7.84. The van der Waals surface area contributed by atoms with Crippen molar-refractivity contribution in [3.63, 3.8) is 0 Å². The van der Waals surface area contributed by atoms with Gasteiger partial charge in [0, 0.05) is 6.07 Å². The van der Waals surface area contributed by atoms with Crippen molar-refractivity contribution in [2.24, 2.45) is 0 Å². The van der Waals surface area contributed by atoms with Gasteiger partial charge in [0.15, 0.2) is 6.33 Å². The highest BCUT2D eigenvalue weighted by Crippen LogP contribution is 1.94. The van der Waals surface area contributed by atoms with E-state index in [9.17, 15) is 0 Å². The lowest BCUT2D eigenvalue weighted by Gasteiger charge is -1.89. The predicted molar refractivity (Wildman–Crippen MR) is 39.0 cm³/mol. The maximum absolute atomic E-state index is 4.22. The lowest BCUT2D eigenvalue weighted by atomic mass is 10.4. The van der Waals surface area contributed by atoms with Crippen LogP contribution in [0.25, 0.3) is 5.78 Å². The zero-order valence-electron chi connectivity index (χ0n) is 6.50. The molecule has 2 heterocycles. The van der Waals surface area contributed by atoms with Gasteiger partial charge < -0.3 is 0 Å². The molecule has 4 nitrogen and oxygen atoms in total. The van der Waals surface area contributed by atoms with E-state index in [2.05, 4.69) is 15.1 Å². The molecule has 0 atom stereocenters. The van der Waals surface area contributed by atoms with E-state index in [0.717, 1.165) is 17.2 Å². The second-order valence-corrected chi connectivity index (χ2v) is 2.56. The molecule has 2 aromatic heterocycles. The Morgan fingerprint density at radius 2 is 2.27 bits per heavy atom. The van der Waals surface area contributed by atoms with E-state index in [0.29, 0.717) is 0 Å². The molecule has 56 valence electrons. The topological polar surface area (TPSA) is 45.7 Å². The molecule has 0 radical (unpaired) electrons. The van der Waals surface area contributed by atoms with Gasteiger partial charge in [0.25, 0.3) is 0 Å². The van der Waals surface area contributed by atoms with Crippen molar-refractivity contribution in [2.45, 2.75) is 13.8 Å². The molecule has 0 fully saturated rings. The third-order valence-corrected chi connectivity index (χ3v) is 1.61. The number of nitrogens with zero attached hydrogens (tertiary/aromatic N) is 3. The van der Waals surface area contributed by atoms with E-state index in [1.54, 1.807) is 6.33 Å². The van der Waals surface area contributed by atoms with Crippen molar-refractivity contribution < 1.29 is 4.52 Å². The van der Waals surface area contributed by atoms with Crippen LogP contribution in [0.4, 0.5) is 0 Å². The molecule has 0 aromatic carbocycles. The Hall–Kier alpha value is -1.45. The molecule has 4 heteroatoms. The van der Waals surface area contributed by atoms with Crippen molar-refractivity contribution in [2.75, 3.05) is 0 Å². The second kappa shape index (κ2) is 2.02. The average molecular weight is 149 g/mol. The Balaban J connectivity index is 2.91. The largest absolute Gasteiger partial charge is 0.457 e. The van der Waals surface area contributed by atoms with Crippen molar-refractivity contribution in [1.29, 1.82) is 0 Å². The van der Waals surface area contributed by atoms with Gasteiger partial charge in [0.2, 0.25) is 0 Å². The Kier molecular flexibility index (Phi) is 1.15. The molecule has 0 spiro atoms. The summed E-state index contributed by atoms with van der Waals surface area (Å²) in [5, 5.41) is 2.96. The molecular weight excluding hydrogens is 140 g/mol. The lowest BCUT2D eigenvalue weighted by Crippen LogP contribution is -2.28. The fraction of sp³-hybridized carbons (Fsp3) is 0.286. The monoisotopic (exact) mass is 149 g/mol. The zero-order valence-corrected chi connectivity index (χ0v) is 6.50. The first-order valence-corrected chi connectivity index (χ1v) is 3.47. The first-order chi connectivity index (χ1) is 5.27. The Morgan fingerprint density at radius 3 is 3.09 bits per heavy atom. The summed E-state index contributed by atoms with van der Waals surface area (Å²) in [6, 6.07) is 2.01. The minimum absolute atomic E-state index is 0.725. The molecule has 2 rings (SSSR count). The number of H-pyrrole nitrogens is 1. The van der Waals surface area contributed by atoms with Crippen LogP contribution in [0.15, 0.2) is 12.4 Å². The number of aryl methyl sites for hydroxylation is 2. The summed E-state index contributed by atoms with van der Waals surface area (Å²) in [4.78, 5) is 8.25. The van der Waals surface area contributed by atoms with Gasteiger partial charge in [-0.15, -0.1) is 4.52 Å². The van der Waals surface area contributed by atoms with Crippen LogP contribution in [-0.4, -0.2) is 15.1 Å². The van der Waals surface area contributed by atoms with Crippen LogP contribution >= 0.6 is 0 Å². The highest BCUT2D eigenvalue weighted by Gasteiger charge is 2.08. The predicted octanol–water partition coefficient (Wildman–Crippen LogP) is 0.160. The molecule has 0 aliphatic heterocycles. The molecule has 11 heavy (non-hydrogen) atoms. The maximum Gasteiger partial charge on any atom is 0.457 e. The summed E-state index contributed by atoms with van der Waals surface area (Å²) >= 11 is 0. The summed E-state index contributed by atoms with van der Waals surface area (Å²) in [6.07, 6.45) is 1.63. The number of aromatic amines is 1. The van der Waals surface area contributed by atoms with Gasteiger partial charge in [0.05, 0.1) is 0 Å². The molecule has 0 amide bonds. The molecule has 1 N–H and O–H groups in total. The van der Waals surface area contributed by atoms with Crippen LogP contribution in [0.5, 0.6) is 0 Å². The van der Waals surface area contributed by atoms with E-state index < -0.39 is 0 Å². The van der Waals surface area contributed by atoms with Crippen LogP contribution in [0, 0.1) is 13.8 Å². The molecule has 2 aromatic rings. The van der Waals surface area contributed by atoms with Crippen LogP contribution in [-0.2, 0) is 0 Å². The van der Waals surface area contributed by atoms with Crippen LogP contribution in [0.2, 0.25) is 0 Å². The van der Waals surface area contributed by atoms with E-state index in [1.165, 1.54) is 0 Å². The summed E-state index contributed by atoms with van der Waals surface area (Å²) in [6.45, 7) is 3.97. The fourth-order valence-electron chi connectivity index (χ4n) is 1.16. The third-order valence-electron chi connectivity index (χ3n) is 1.61.